The van der Waals surface area contributed by atoms with E-state index in [0.717, 1.165) is 18.7 Å². The first kappa shape index (κ1) is 15.3. The van der Waals surface area contributed by atoms with Crippen molar-refractivity contribution in [3.8, 4) is 5.75 Å². The Labute approximate surface area is 123 Å². The van der Waals surface area contributed by atoms with Crippen LogP contribution < -0.4 is 10.5 Å². The molecule has 2 rings (SSSR count). The topological polar surface area (TPSA) is 38.5 Å². The molecule has 1 saturated heterocycles. The van der Waals surface area contributed by atoms with Gasteiger partial charge in [-0.25, -0.2) is 0 Å². The normalized spacial score (nSPS) is 17.4. The maximum Gasteiger partial charge on any atom is 0.126 e. The van der Waals surface area contributed by atoms with Crippen LogP contribution in [-0.4, -0.2) is 31.1 Å². The van der Waals surface area contributed by atoms with Crippen LogP contribution in [0.5, 0.6) is 5.75 Å². The van der Waals surface area contributed by atoms with E-state index in [0.29, 0.717) is 12.6 Å². The number of hydrogen-bond acceptors (Lipinski definition) is 3. The molecule has 0 radical (unpaired) electrons. The molecule has 1 unspecified atom stereocenters. The largest absolute Gasteiger partial charge is 0.493 e. The minimum atomic E-state index is 0.405. The van der Waals surface area contributed by atoms with Gasteiger partial charge in [0.05, 0.1) is 6.61 Å². The van der Waals surface area contributed by atoms with Crippen LogP contribution in [0.4, 0.5) is 0 Å². The van der Waals surface area contributed by atoms with Gasteiger partial charge in [0, 0.05) is 11.6 Å². The predicted octanol–water partition coefficient (Wildman–Crippen LogP) is 3.19. The summed E-state index contributed by atoms with van der Waals surface area (Å²) in [4.78, 5) is 2.57. The standard InChI is InChI=1S/C17H28N2O/c1-4-20-17-14(3)11-13(2)12-15(17)16(7-8-18)19-9-5-6-10-19/h11-12,16H,4-10,18H2,1-3H3. The summed E-state index contributed by atoms with van der Waals surface area (Å²) in [5, 5.41) is 0. The van der Waals surface area contributed by atoms with Gasteiger partial charge in [-0.3, -0.25) is 4.90 Å². The molecule has 1 aliphatic heterocycles. The van der Waals surface area contributed by atoms with Crippen LogP contribution in [0, 0.1) is 13.8 Å². The first-order valence-electron chi connectivity index (χ1n) is 7.85. The average molecular weight is 276 g/mol. The second-order valence-corrected chi connectivity index (χ2v) is 5.77. The molecule has 0 bridgehead atoms. The van der Waals surface area contributed by atoms with E-state index < -0.39 is 0 Å². The first-order valence-corrected chi connectivity index (χ1v) is 7.85. The maximum absolute atomic E-state index is 5.94. The highest BCUT2D eigenvalue weighted by Crippen LogP contribution is 2.36. The number of hydrogen-bond donors (Lipinski definition) is 1. The number of aryl methyl sites for hydroxylation is 2. The Morgan fingerprint density at radius 3 is 2.55 bits per heavy atom. The average Bonchev–Trinajstić information content (AvgIpc) is 2.93. The molecule has 1 heterocycles. The van der Waals surface area contributed by atoms with Gasteiger partial charge in [0.1, 0.15) is 5.75 Å². The van der Waals surface area contributed by atoms with E-state index >= 15 is 0 Å². The maximum atomic E-state index is 5.94. The molecule has 0 aliphatic carbocycles. The summed E-state index contributed by atoms with van der Waals surface area (Å²) in [7, 11) is 0. The number of nitrogens with zero attached hydrogens (tertiary/aromatic N) is 1. The summed E-state index contributed by atoms with van der Waals surface area (Å²) in [5.74, 6) is 1.07. The van der Waals surface area contributed by atoms with Gasteiger partial charge in [0.25, 0.3) is 0 Å². The van der Waals surface area contributed by atoms with Gasteiger partial charge in [-0.15, -0.1) is 0 Å². The molecule has 0 spiro atoms. The molecule has 3 heteroatoms. The van der Waals surface area contributed by atoms with Crippen molar-refractivity contribution in [3.05, 3.63) is 28.8 Å². The third-order valence-corrected chi connectivity index (χ3v) is 4.12. The number of rotatable bonds is 6. The zero-order valence-corrected chi connectivity index (χ0v) is 13.1. The van der Waals surface area contributed by atoms with Gasteiger partial charge in [-0.1, -0.05) is 17.7 Å². The second-order valence-electron chi connectivity index (χ2n) is 5.77. The molecule has 0 saturated carbocycles. The molecule has 1 fully saturated rings. The Hall–Kier alpha value is -1.06. The van der Waals surface area contributed by atoms with Crippen molar-refractivity contribution < 1.29 is 4.74 Å². The monoisotopic (exact) mass is 276 g/mol. The lowest BCUT2D eigenvalue weighted by atomic mass is 9.96. The molecule has 3 nitrogen and oxygen atoms in total. The highest BCUT2D eigenvalue weighted by molar-refractivity contribution is 5.45. The molecular formula is C17H28N2O. The SMILES string of the molecule is CCOc1c(C)cc(C)cc1C(CCN)N1CCCC1. The van der Waals surface area contributed by atoms with Crippen molar-refractivity contribution in [2.75, 3.05) is 26.2 Å². The molecule has 0 aromatic heterocycles. The highest BCUT2D eigenvalue weighted by Gasteiger charge is 2.26. The van der Waals surface area contributed by atoms with Crippen molar-refractivity contribution in [2.45, 2.75) is 46.1 Å². The minimum absolute atomic E-state index is 0.405. The summed E-state index contributed by atoms with van der Waals surface area (Å²) in [6, 6.07) is 4.90. The summed E-state index contributed by atoms with van der Waals surface area (Å²) in [5.41, 5.74) is 9.74. The quantitative estimate of drug-likeness (QED) is 0.867. The van der Waals surface area contributed by atoms with Crippen molar-refractivity contribution in [1.29, 1.82) is 0 Å². The summed E-state index contributed by atoms with van der Waals surface area (Å²) in [6.07, 6.45) is 3.61. The molecule has 1 aliphatic rings. The third kappa shape index (κ3) is 3.33. The Kier molecular flexibility index (Phi) is 5.44. The molecule has 20 heavy (non-hydrogen) atoms. The van der Waals surface area contributed by atoms with Crippen molar-refractivity contribution in [1.82, 2.24) is 4.90 Å². The van der Waals surface area contributed by atoms with E-state index in [4.69, 9.17) is 10.5 Å². The van der Waals surface area contributed by atoms with E-state index in [1.807, 2.05) is 0 Å². The van der Waals surface area contributed by atoms with Crippen LogP contribution in [0.15, 0.2) is 12.1 Å². The van der Waals surface area contributed by atoms with Crippen LogP contribution >= 0.6 is 0 Å². The fourth-order valence-corrected chi connectivity index (χ4v) is 3.32. The van der Waals surface area contributed by atoms with E-state index in [-0.39, 0.29) is 0 Å². The Morgan fingerprint density at radius 2 is 1.95 bits per heavy atom. The number of likely N-dealkylation sites (tertiary alicyclic amines) is 1. The van der Waals surface area contributed by atoms with Crippen LogP contribution in [-0.2, 0) is 0 Å². The Bertz CT molecular complexity index is 439. The molecule has 112 valence electrons. The first-order chi connectivity index (χ1) is 9.67. The van der Waals surface area contributed by atoms with Crippen LogP contribution in [0.1, 0.15) is 48.9 Å². The molecule has 1 atom stereocenters. The minimum Gasteiger partial charge on any atom is -0.493 e. The Morgan fingerprint density at radius 1 is 1.25 bits per heavy atom. The number of ether oxygens (including phenoxy) is 1. The van der Waals surface area contributed by atoms with Crippen LogP contribution in [0.25, 0.3) is 0 Å². The van der Waals surface area contributed by atoms with Crippen LogP contribution in [0.3, 0.4) is 0 Å². The second kappa shape index (κ2) is 7.09. The van der Waals surface area contributed by atoms with E-state index in [2.05, 4.69) is 37.8 Å². The summed E-state index contributed by atoms with van der Waals surface area (Å²) >= 11 is 0. The highest BCUT2D eigenvalue weighted by atomic mass is 16.5. The van der Waals surface area contributed by atoms with Gasteiger partial charge in [0.2, 0.25) is 0 Å². The van der Waals surface area contributed by atoms with Crippen LogP contribution in [0.2, 0.25) is 0 Å². The van der Waals surface area contributed by atoms with Gasteiger partial charge >= 0.3 is 0 Å². The molecule has 1 aromatic carbocycles. The van der Waals surface area contributed by atoms with Gasteiger partial charge in [0.15, 0.2) is 0 Å². The predicted molar refractivity (Wildman–Crippen MR) is 84.3 cm³/mol. The molecule has 1 aromatic rings. The summed E-state index contributed by atoms with van der Waals surface area (Å²) < 4.78 is 5.94. The lowest BCUT2D eigenvalue weighted by molar-refractivity contribution is 0.226. The van der Waals surface area contributed by atoms with E-state index in [9.17, 15) is 0 Å². The zero-order chi connectivity index (χ0) is 14.5. The Balaban J connectivity index is 2.39. The van der Waals surface area contributed by atoms with Gasteiger partial charge in [-0.2, -0.15) is 0 Å². The van der Waals surface area contributed by atoms with Crippen molar-refractivity contribution >= 4 is 0 Å². The van der Waals surface area contributed by atoms with Crippen molar-refractivity contribution in [2.24, 2.45) is 5.73 Å². The zero-order valence-electron chi connectivity index (χ0n) is 13.1. The van der Waals surface area contributed by atoms with E-state index in [1.165, 1.54) is 42.6 Å². The third-order valence-electron chi connectivity index (χ3n) is 4.12. The van der Waals surface area contributed by atoms with Gasteiger partial charge < -0.3 is 10.5 Å². The number of nitrogens with two attached hydrogens (primary N) is 1. The fraction of sp³-hybridized carbons (Fsp3) is 0.647. The molecule has 2 N–H and O–H groups in total. The number of benzene rings is 1. The molecule has 0 amide bonds. The lowest BCUT2D eigenvalue weighted by Crippen LogP contribution is -2.28. The smallest absolute Gasteiger partial charge is 0.126 e. The fourth-order valence-electron chi connectivity index (χ4n) is 3.32. The van der Waals surface area contributed by atoms with Crippen molar-refractivity contribution in [3.63, 3.8) is 0 Å². The van der Waals surface area contributed by atoms with E-state index in [1.54, 1.807) is 0 Å². The van der Waals surface area contributed by atoms with Gasteiger partial charge in [-0.05, 0) is 65.2 Å². The molecular weight excluding hydrogens is 248 g/mol. The lowest BCUT2D eigenvalue weighted by Gasteiger charge is -2.30. The summed E-state index contributed by atoms with van der Waals surface area (Å²) in [6.45, 7) is 10.2.